The second-order valence-corrected chi connectivity index (χ2v) is 5.15. The summed E-state index contributed by atoms with van der Waals surface area (Å²) in [6.45, 7) is 0. The van der Waals surface area contributed by atoms with Crippen molar-refractivity contribution in [2.45, 2.75) is 19.3 Å². The third kappa shape index (κ3) is 3.08. The summed E-state index contributed by atoms with van der Waals surface area (Å²) in [5.74, 6) is 0. The molecule has 99 valence electrons. The Kier molecular flexibility index (Phi) is 4.13. The Morgan fingerprint density at radius 3 is 2.35 bits per heavy atom. The quantitative estimate of drug-likeness (QED) is 0.537. The third-order valence-corrected chi connectivity index (χ3v) is 3.70. The highest BCUT2D eigenvalue weighted by atomic mass is 14.0. The number of rotatable bonds is 5. The summed E-state index contributed by atoms with van der Waals surface area (Å²) in [5, 5.41) is 2.68. The van der Waals surface area contributed by atoms with Crippen LogP contribution in [-0.4, -0.2) is 0 Å². The minimum atomic E-state index is 1.13. The summed E-state index contributed by atoms with van der Waals surface area (Å²) in [7, 11) is 0. The van der Waals surface area contributed by atoms with E-state index >= 15 is 0 Å². The van der Waals surface area contributed by atoms with Crippen LogP contribution >= 0.6 is 0 Å². The number of fused-ring (bicyclic) bond motifs is 1. The van der Waals surface area contributed by atoms with Crippen LogP contribution in [0.5, 0.6) is 0 Å². The van der Waals surface area contributed by atoms with Gasteiger partial charge in [-0.25, -0.2) is 0 Å². The van der Waals surface area contributed by atoms with Crippen LogP contribution in [0.4, 0.5) is 0 Å². The Morgan fingerprint density at radius 1 is 0.700 bits per heavy atom. The van der Waals surface area contributed by atoms with E-state index in [0.29, 0.717) is 0 Å². The molecule has 3 aromatic carbocycles. The summed E-state index contributed by atoms with van der Waals surface area (Å²) in [6.07, 6.45) is 5.85. The van der Waals surface area contributed by atoms with Crippen molar-refractivity contribution in [3.63, 3.8) is 0 Å². The van der Waals surface area contributed by atoms with E-state index in [0.717, 1.165) is 12.8 Å². The van der Waals surface area contributed by atoms with Gasteiger partial charge in [0.2, 0.25) is 0 Å². The fraction of sp³-hybridized carbons (Fsp3) is 0.150. The predicted octanol–water partition coefficient (Wildman–Crippen LogP) is 5.42. The summed E-state index contributed by atoms with van der Waals surface area (Å²) < 4.78 is 0. The van der Waals surface area contributed by atoms with E-state index in [2.05, 4.69) is 79.2 Å². The molecular weight excluding hydrogens is 240 g/mol. The van der Waals surface area contributed by atoms with Gasteiger partial charge in [0.15, 0.2) is 0 Å². The van der Waals surface area contributed by atoms with Crippen molar-refractivity contribution in [1.29, 1.82) is 0 Å². The number of unbranched alkanes of at least 4 members (excludes halogenated alkanes) is 1. The highest BCUT2D eigenvalue weighted by molar-refractivity contribution is 5.86. The van der Waals surface area contributed by atoms with E-state index in [1.54, 1.807) is 0 Å². The number of aryl methyl sites for hydroxylation is 1. The molecule has 0 spiro atoms. The van der Waals surface area contributed by atoms with Gasteiger partial charge < -0.3 is 0 Å². The van der Waals surface area contributed by atoms with Crippen LogP contribution in [0.2, 0.25) is 0 Å². The van der Waals surface area contributed by atoms with Crippen molar-refractivity contribution in [1.82, 2.24) is 0 Å². The Labute approximate surface area is 121 Å². The van der Waals surface area contributed by atoms with Crippen LogP contribution in [0.15, 0.2) is 72.8 Å². The molecule has 1 radical (unpaired) electrons. The van der Waals surface area contributed by atoms with Gasteiger partial charge in [0, 0.05) is 0 Å². The van der Waals surface area contributed by atoms with Gasteiger partial charge in [0.05, 0.1) is 0 Å². The molecule has 0 aliphatic rings. The van der Waals surface area contributed by atoms with Crippen LogP contribution in [0.25, 0.3) is 10.8 Å². The average Bonchev–Trinajstić information content (AvgIpc) is 2.53. The molecule has 3 aromatic rings. The van der Waals surface area contributed by atoms with Crippen molar-refractivity contribution < 1.29 is 0 Å². The highest BCUT2D eigenvalue weighted by Crippen LogP contribution is 2.21. The molecule has 0 atom stereocenters. The van der Waals surface area contributed by atoms with Crippen LogP contribution in [-0.2, 0) is 6.42 Å². The summed E-state index contributed by atoms with van der Waals surface area (Å²) in [4.78, 5) is 0. The molecule has 0 heteroatoms. The maximum atomic E-state index is 2.37. The number of hydrogen-bond acceptors (Lipinski definition) is 0. The molecule has 0 aliphatic heterocycles. The normalized spacial score (nSPS) is 10.8. The zero-order valence-corrected chi connectivity index (χ0v) is 11.6. The second kappa shape index (κ2) is 6.38. The van der Waals surface area contributed by atoms with Gasteiger partial charge in [-0.3, -0.25) is 0 Å². The monoisotopic (exact) mass is 259 g/mol. The Balaban J connectivity index is 1.60. The molecule has 0 saturated carbocycles. The first kappa shape index (κ1) is 12.9. The molecule has 20 heavy (non-hydrogen) atoms. The largest absolute Gasteiger partial charge is 0.0622 e. The molecule has 0 amide bonds. The summed E-state index contributed by atoms with van der Waals surface area (Å²) in [6, 6.07) is 25.8. The molecule has 0 N–H and O–H groups in total. The van der Waals surface area contributed by atoms with Gasteiger partial charge in [-0.1, -0.05) is 72.8 Å². The van der Waals surface area contributed by atoms with Crippen molar-refractivity contribution >= 4 is 10.8 Å². The Morgan fingerprint density at radius 2 is 1.45 bits per heavy atom. The van der Waals surface area contributed by atoms with E-state index in [9.17, 15) is 0 Å². The lowest BCUT2D eigenvalue weighted by molar-refractivity contribution is 0.817. The molecular formula is C20H19. The summed E-state index contributed by atoms with van der Waals surface area (Å²) >= 11 is 0. The van der Waals surface area contributed by atoms with Crippen molar-refractivity contribution in [2.75, 3.05) is 0 Å². The zero-order chi connectivity index (χ0) is 13.6. The lowest BCUT2D eigenvalue weighted by Gasteiger charge is -2.06. The molecule has 0 heterocycles. The lowest BCUT2D eigenvalue weighted by Crippen LogP contribution is -1.88. The SMILES string of the molecule is [CH](CCCc1ccccc1)c1cccc2ccccc12. The Hall–Kier alpha value is -2.08. The first-order valence-electron chi connectivity index (χ1n) is 7.28. The first-order chi connectivity index (χ1) is 9.93. The van der Waals surface area contributed by atoms with Crippen molar-refractivity contribution in [3.05, 3.63) is 90.3 Å². The molecule has 0 unspecified atom stereocenters. The van der Waals surface area contributed by atoms with E-state index in [4.69, 9.17) is 0 Å². The van der Waals surface area contributed by atoms with E-state index in [1.807, 2.05) is 0 Å². The molecule has 0 aliphatic carbocycles. The van der Waals surface area contributed by atoms with E-state index in [-0.39, 0.29) is 0 Å². The molecule has 0 nitrogen and oxygen atoms in total. The topological polar surface area (TPSA) is 0 Å². The predicted molar refractivity (Wildman–Crippen MR) is 86.7 cm³/mol. The van der Waals surface area contributed by atoms with Crippen LogP contribution in [0, 0.1) is 6.42 Å². The molecule has 0 aromatic heterocycles. The third-order valence-electron chi connectivity index (χ3n) is 3.70. The fourth-order valence-corrected chi connectivity index (χ4v) is 2.64. The van der Waals surface area contributed by atoms with Gasteiger partial charge in [-0.15, -0.1) is 0 Å². The molecule has 0 bridgehead atoms. The summed E-state index contributed by atoms with van der Waals surface area (Å²) in [5.41, 5.74) is 2.79. The average molecular weight is 259 g/mol. The van der Waals surface area contributed by atoms with Crippen molar-refractivity contribution in [3.8, 4) is 0 Å². The fourth-order valence-electron chi connectivity index (χ4n) is 2.64. The van der Waals surface area contributed by atoms with Crippen LogP contribution < -0.4 is 0 Å². The maximum Gasteiger partial charge on any atom is -0.00866 e. The Bertz CT molecular complexity index is 662. The highest BCUT2D eigenvalue weighted by Gasteiger charge is 2.00. The van der Waals surface area contributed by atoms with Gasteiger partial charge in [-0.2, -0.15) is 0 Å². The van der Waals surface area contributed by atoms with E-state index < -0.39 is 0 Å². The standard InChI is InChI=1S/C20H19/c1-2-9-17(10-3-1)11-4-5-12-18-14-8-15-19-13-6-7-16-20(18)19/h1-3,6-10,12-16H,4-5,11H2. The lowest BCUT2D eigenvalue weighted by atomic mass is 9.99. The van der Waals surface area contributed by atoms with Crippen molar-refractivity contribution in [2.24, 2.45) is 0 Å². The van der Waals surface area contributed by atoms with Gasteiger partial charge in [0.1, 0.15) is 0 Å². The van der Waals surface area contributed by atoms with Gasteiger partial charge >= 0.3 is 0 Å². The smallest absolute Gasteiger partial charge is 0.00866 e. The minimum absolute atomic E-state index is 1.13. The molecule has 3 rings (SSSR count). The second-order valence-electron chi connectivity index (χ2n) is 5.15. The van der Waals surface area contributed by atoms with Gasteiger partial charge in [-0.05, 0) is 47.6 Å². The zero-order valence-electron chi connectivity index (χ0n) is 11.6. The maximum absolute atomic E-state index is 2.37. The van der Waals surface area contributed by atoms with Crippen LogP contribution in [0.3, 0.4) is 0 Å². The van der Waals surface area contributed by atoms with Gasteiger partial charge in [0.25, 0.3) is 0 Å². The number of hydrogen-bond donors (Lipinski definition) is 0. The first-order valence-corrected chi connectivity index (χ1v) is 7.28. The molecule has 0 saturated heterocycles. The van der Waals surface area contributed by atoms with E-state index in [1.165, 1.54) is 28.3 Å². The van der Waals surface area contributed by atoms with Crippen LogP contribution in [0.1, 0.15) is 24.0 Å². The number of benzene rings is 3. The minimum Gasteiger partial charge on any atom is -0.0622 e. The molecule has 0 fully saturated rings.